The van der Waals surface area contributed by atoms with Crippen molar-refractivity contribution in [1.82, 2.24) is 9.88 Å². The number of hydrogen-bond donors (Lipinski definition) is 0. The Balaban J connectivity index is 1.61. The molecule has 1 aliphatic heterocycles. The van der Waals surface area contributed by atoms with Gasteiger partial charge in [0.05, 0.1) is 22.6 Å². The number of carbonyl (C=O) groups is 2. The molecule has 0 N–H and O–H groups in total. The number of esters is 1. The summed E-state index contributed by atoms with van der Waals surface area (Å²) < 4.78 is 54.9. The van der Waals surface area contributed by atoms with Gasteiger partial charge in [-0.05, 0) is 43.5 Å². The van der Waals surface area contributed by atoms with E-state index in [1.807, 2.05) is 6.92 Å². The van der Waals surface area contributed by atoms with E-state index in [2.05, 4.69) is 4.98 Å². The zero-order chi connectivity index (χ0) is 26.5. The Bertz CT molecular complexity index is 1060. The van der Waals surface area contributed by atoms with Crippen LogP contribution in [0.25, 0.3) is 0 Å². The van der Waals surface area contributed by atoms with Crippen LogP contribution in [0.2, 0.25) is 10.0 Å². The molecule has 0 bridgehead atoms. The van der Waals surface area contributed by atoms with Crippen molar-refractivity contribution < 1.29 is 37.0 Å². The fraction of sp³-hybridized carbons (Fsp3) is 0.458. The van der Waals surface area contributed by atoms with Gasteiger partial charge in [0.15, 0.2) is 5.75 Å². The fourth-order valence-electron chi connectivity index (χ4n) is 4.01. The first-order chi connectivity index (χ1) is 17.0. The number of carbonyl (C=O) groups excluding carboxylic acids is 2. The molecule has 196 valence electrons. The van der Waals surface area contributed by atoms with E-state index in [4.69, 9.17) is 37.4 Å². The number of hydrogen-bond acceptors (Lipinski definition) is 6. The van der Waals surface area contributed by atoms with Crippen LogP contribution >= 0.6 is 23.2 Å². The predicted octanol–water partition coefficient (Wildman–Crippen LogP) is 5.21. The van der Waals surface area contributed by atoms with E-state index in [0.717, 1.165) is 5.56 Å². The summed E-state index contributed by atoms with van der Waals surface area (Å²) in [5.41, 5.74) is 1.54. The second-order valence-electron chi connectivity index (χ2n) is 8.19. The standard InChI is InChI=1S/C24H25Cl2F3N2O5/c1-3-34-22(32)17-13-31(23(33)24(27,28)29)7-6-16(17)15-4-5-20(30-12-15)35-8-9-36-21-18(25)10-14(2)11-19(21)26/h4-5,10-12,16-17H,3,6-9,13H2,1-2H3/t16?,17-/m1/s1. The molecule has 1 aromatic carbocycles. The Kier molecular flexibility index (Phi) is 9.30. The SMILES string of the molecule is CCOC(=O)[C@@H]1CN(C(=O)C(F)(F)F)CCC1c1ccc(OCCOc2c(Cl)cc(C)cc2Cl)nc1. The summed E-state index contributed by atoms with van der Waals surface area (Å²) in [5.74, 6) is -3.38. The Labute approximate surface area is 216 Å². The van der Waals surface area contributed by atoms with Crippen molar-refractivity contribution in [3.63, 3.8) is 0 Å². The van der Waals surface area contributed by atoms with Gasteiger partial charge in [0, 0.05) is 31.3 Å². The third-order valence-electron chi connectivity index (χ3n) is 5.64. The highest BCUT2D eigenvalue weighted by Gasteiger charge is 2.46. The van der Waals surface area contributed by atoms with Crippen LogP contribution in [0.4, 0.5) is 13.2 Å². The van der Waals surface area contributed by atoms with Gasteiger partial charge in [-0.1, -0.05) is 29.3 Å². The number of amides is 1. The van der Waals surface area contributed by atoms with E-state index >= 15 is 0 Å². The smallest absolute Gasteiger partial charge is 0.471 e. The minimum absolute atomic E-state index is 0.0708. The third-order valence-corrected chi connectivity index (χ3v) is 6.20. The van der Waals surface area contributed by atoms with Crippen molar-refractivity contribution in [3.8, 4) is 11.6 Å². The third kappa shape index (κ3) is 6.94. The van der Waals surface area contributed by atoms with Gasteiger partial charge in [-0.25, -0.2) is 4.98 Å². The van der Waals surface area contributed by atoms with E-state index in [0.29, 0.717) is 32.1 Å². The van der Waals surface area contributed by atoms with Gasteiger partial charge in [0.25, 0.3) is 0 Å². The highest BCUT2D eigenvalue weighted by atomic mass is 35.5. The zero-order valence-corrected chi connectivity index (χ0v) is 21.1. The highest BCUT2D eigenvalue weighted by Crippen LogP contribution is 2.36. The number of aryl methyl sites for hydroxylation is 1. The van der Waals surface area contributed by atoms with E-state index < -0.39 is 29.9 Å². The molecule has 1 unspecified atom stereocenters. The number of piperidine rings is 1. The summed E-state index contributed by atoms with van der Waals surface area (Å²) in [4.78, 5) is 29.1. The van der Waals surface area contributed by atoms with E-state index in [1.165, 1.54) is 6.20 Å². The number of likely N-dealkylation sites (tertiary alicyclic amines) is 1. The Hall–Kier alpha value is -2.72. The maximum absolute atomic E-state index is 12.9. The van der Waals surface area contributed by atoms with Crippen LogP contribution in [0.3, 0.4) is 0 Å². The minimum Gasteiger partial charge on any atom is -0.487 e. The molecule has 0 aliphatic carbocycles. The number of rotatable bonds is 8. The molecule has 2 atom stereocenters. The Morgan fingerprint density at radius 2 is 1.81 bits per heavy atom. The molecule has 2 heterocycles. The van der Waals surface area contributed by atoms with E-state index in [9.17, 15) is 22.8 Å². The molecule has 36 heavy (non-hydrogen) atoms. The number of ether oxygens (including phenoxy) is 3. The van der Waals surface area contributed by atoms with Gasteiger partial charge in [-0.15, -0.1) is 0 Å². The fourth-order valence-corrected chi connectivity index (χ4v) is 4.72. The van der Waals surface area contributed by atoms with Gasteiger partial charge < -0.3 is 19.1 Å². The monoisotopic (exact) mass is 548 g/mol. The maximum Gasteiger partial charge on any atom is 0.471 e. The summed E-state index contributed by atoms with van der Waals surface area (Å²) in [6.45, 7) is 3.31. The van der Waals surface area contributed by atoms with Crippen LogP contribution in [0.15, 0.2) is 30.5 Å². The first-order valence-electron chi connectivity index (χ1n) is 11.2. The van der Waals surface area contributed by atoms with Gasteiger partial charge in [0.2, 0.25) is 5.88 Å². The summed E-state index contributed by atoms with van der Waals surface area (Å²) in [6, 6.07) is 6.75. The van der Waals surface area contributed by atoms with Gasteiger partial charge in [0.1, 0.15) is 13.2 Å². The Morgan fingerprint density at radius 1 is 1.14 bits per heavy atom. The van der Waals surface area contributed by atoms with Crippen LogP contribution < -0.4 is 9.47 Å². The van der Waals surface area contributed by atoms with Gasteiger partial charge in [-0.2, -0.15) is 13.2 Å². The molecule has 0 spiro atoms. The lowest BCUT2D eigenvalue weighted by molar-refractivity contribution is -0.188. The number of pyridine rings is 1. The van der Waals surface area contributed by atoms with Crippen molar-refractivity contribution in [1.29, 1.82) is 0 Å². The lowest BCUT2D eigenvalue weighted by atomic mass is 9.81. The van der Waals surface area contributed by atoms with Crippen LogP contribution in [-0.2, 0) is 14.3 Å². The van der Waals surface area contributed by atoms with Crippen molar-refractivity contribution in [3.05, 3.63) is 51.6 Å². The molecule has 3 rings (SSSR count). The van der Waals surface area contributed by atoms with E-state index in [1.54, 1.807) is 31.2 Å². The number of nitrogens with zero attached hydrogens (tertiary/aromatic N) is 2. The molecule has 1 aliphatic rings. The van der Waals surface area contributed by atoms with E-state index in [-0.39, 0.29) is 39.3 Å². The number of aromatic nitrogens is 1. The average molecular weight is 549 g/mol. The minimum atomic E-state index is -5.01. The number of alkyl halides is 3. The first kappa shape index (κ1) is 27.9. The molecule has 1 saturated heterocycles. The second kappa shape index (κ2) is 12.0. The number of benzene rings is 1. The van der Waals surface area contributed by atoms with Crippen LogP contribution in [0, 0.1) is 12.8 Å². The average Bonchev–Trinajstić information content (AvgIpc) is 2.82. The molecule has 1 fully saturated rings. The summed E-state index contributed by atoms with van der Waals surface area (Å²) in [5, 5.41) is 0.781. The molecular formula is C24H25Cl2F3N2O5. The van der Waals surface area contributed by atoms with Crippen molar-refractivity contribution in [2.45, 2.75) is 32.4 Å². The van der Waals surface area contributed by atoms with Crippen molar-refractivity contribution in [2.24, 2.45) is 5.92 Å². The molecule has 0 radical (unpaired) electrons. The van der Waals surface area contributed by atoms with Crippen molar-refractivity contribution >= 4 is 35.1 Å². The topological polar surface area (TPSA) is 78.0 Å². The molecular weight excluding hydrogens is 524 g/mol. The Morgan fingerprint density at radius 3 is 2.39 bits per heavy atom. The molecule has 7 nitrogen and oxygen atoms in total. The number of halogens is 5. The summed E-state index contributed by atoms with van der Waals surface area (Å²) >= 11 is 12.3. The van der Waals surface area contributed by atoms with Crippen molar-refractivity contribution in [2.75, 3.05) is 32.9 Å². The molecule has 2 aromatic rings. The van der Waals surface area contributed by atoms with Crippen LogP contribution in [-0.4, -0.2) is 60.8 Å². The molecule has 0 saturated carbocycles. The predicted molar refractivity (Wildman–Crippen MR) is 127 cm³/mol. The quantitative estimate of drug-likeness (QED) is 0.333. The highest BCUT2D eigenvalue weighted by molar-refractivity contribution is 6.37. The van der Waals surface area contributed by atoms with Gasteiger partial charge in [-0.3, -0.25) is 9.59 Å². The molecule has 1 aromatic heterocycles. The lowest BCUT2D eigenvalue weighted by Gasteiger charge is -2.37. The van der Waals surface area contributed by atoms with Gasteiger partial charge >= 0.3 is 18.1 Å². The second-order valence-corrected chi connectivity index (χ2v) is 9.00. The van der Waals surface area contributed by atoms with Crippen LogP contribution in [0.5, 0.6) is 11.6 Å². The van der Waals surface area contributed by atoms with Crippen LogP contribution in [0.1, 0.15) is 30.4 Å². The lowest BCUT2D eigenvalue weighted by Crippen LogP contribution is -2.50. The molecule has 12 heteroatoms. The summed E-state index contributed by atoms with van der Waals surface area (Å²) in [6.07, 6.45) is -3.35. The zero-order valence-electron chi connectivity index (χ0n) is 19.6. The largest absolute Gasteiger partial charge is 0.487 e. The first-order valence-corrected chi connectivity index (χ1v) is 12.0. The maximum atomic E-state index is 12.9. The molecule has 1 amide bonds. The summed E-state index contributed by atoms with van der Waals surface area (Å²) in [7, 11) is 0. The normalized spacial score (nSPS) is 18.0.